The second kappa shape index (κ2) is 8.71. The molecular weight excluding hydrogens is 337 g/mol. The van der Waals surface area contributed by atoms with Crippen molar-refractivity contribution in [2.24, 2.45) is 0 Å². The van der Waals surface area contributed by atoms with Crippen molar-refractivity contribution in [1.82, 2.24) is 14.9 Å². The van der Waals surface area contributed by atoms with Gasteiger partial charge in [-0.15, -0.1) is 0 Å². The van der Waals surface area contributed by atoms with E-state index in [0.717, 1.165) is 6.42 Å². The molecule has 2 rings (SSSR count). The predicted octanol–water partition coefficient (Wildman–Crippen LogP) is 1.81. The van der Waals surface area contributed by atoms with Gasteiger partial charge in [-0.05, 0) is 44.5 Å². The molecule has 1 heterocycles. The molecule has 0 radical (unpaired) electrons. The first kappa shape index (κ1) is 19.8. The highest BCUT2D eigenvalue weighted by Gasteiger charge is 2.18. The highest BCUT2D eigenvalue weighted by molar-refractivity contribution is 5.76. The Morgan fingerprint density at radius 3 is 2.58 bits per heavy atom. The molecule has 1 amide bonds. The molecule has 2 aromatic rings. The summed E-state index contributed by atoms with van der Waals surface area (Å²) in [5.74, 6) is -0.398. The van der Waals surface area contributed by atoms with Crippen molar-refractivity contribution in [3.05, 3.63) is 51.7 Å². The summed E-state index contributed by atoms with van der Waals surface area (Å²) in [5, 5.41) is 12.0. The molecule has 0 bridgehead atoms. The van der Waals surface area contributed by atoms with E-state index >= 15 is 0 Å². The lowest BCUT2D eigenvalue weighted by molar-refractivity contribution is -0.122. The van der Waals surface area contributed by atoms with Crippen molar-refractivity contribution in [2.75, 3.05) is 6.61 Å². The first-order chi connectivity index (χ1) is 12.4. The minimum atomic E-state index is -0.397. The second-order valence-electron chi connectivity index (χ2n) is 6.25. The van der Waals surface area contributed by atoms with E-state index in [2.05, 4.69) is 10.3 Å². The van der Waals surface area contributed by atoms with E-state index in [1.54, 1.807) is 6.92 Å². The zero-order valence-electron chi connectivity index (χ0n) is 15.3. The molecule has 140 valence electrons. The Hall–Kier alpha value is -2.54. The van der Waals surface area contributed by atoms with Crippen LogP contribution in [0.1, 0.15) is 31.5 Å². The van der Waals surface area contributed by atoms with Gasteiger partial charge in [0.05, 0.1) is 0 Å². The molecule has 7 heteroatoms. The van der Waals surface area contributed by atoms with Gasteiger partial charge in [-0.1, -0.05) is 6.92 Å². The number of nitrogens with zero attached hydrogens (tertiary/aromatic N) is 2. The number of amides is 1. The second-order valence-corrected chi connectivity index (χ2v) is 6.25. The van der Waals surface area contributed by atoms with Crippen LogP contribution in [0.5, 0.6) is 0 Å². The summed E-state index contributed by atoms with van der Waals surface area (Å²) in [6, 6.07) is 5.59. The standard InChI is InChI=1S/C19H24FN3O3/c1-4-12(2)21-17(25)11-23-18(14-5-7-15(20)8-6-14)22-13(3)16(9-10-24)19(23)26/h5-8,12,24H,4,9-11H2,1-3H3,(H,21,25). The van der Waals surface area contributed by atoms with Crippen molar-refractivity contribution < 1.29 is 14.3 Å². The minimum absolute atomic E-state index is 0.0113. The lowest BCUT2D eigenvalue weighted by Gasteiger charge is -2.17. The van der Waals surface area contributed by atoms with Crippen molar-refractivity contribution in [2.45, 2.75) is 46.2 Å². The third-order valence-corrected chi connectivity index (χ3v) is 4.26. The number of halogens is 1. The number of aliphatic hydroxyl groups is 1. The molecule has 1 aromatic heterocycles. The van der Waals surface area contributed by atoms with E-state index in [0.29, 0.717) is 22.6 Å². The number of carbonyl (C=O) groups is 1. The number of aromatic nitrogens is 2. The molecule has 0 saturated carbocycles. The fourth-order valence-electron chi connectivity index (χ4n) is 2.63. The average molecular weight is 361 g/mol. The highest BCUT2D eigenvalue weighted by atomic mass is 19.1. The average Bonchev–Trinajstić information content (AvgIpc) is 2.61. The van der Waals surface area contributed by atoms with Crippen LogP contribution in [0.3, 0.4) is 0 Å². The molecule has 6 nitrogen and oxygen atoms in total. The van der Waals surface area contributed by atoms with Crippen LogP contribution in [-0.2, 0) is 17.8 Å². The molecule has 0 spiro atoms. The fourth-order valence-corrected chi connectivity index (χ4v) is 2.63. The highest BCUT2D eigenvalue weighted by Crippen LogP contribution is 2.18. The topological polar surface area (TPSA) is 84.2 Å². The fraction of sp³-hybridized carbons (Fsp3) is 0.421. The molecule has 1 unspecified atom stereocenters. The Bertz CT molecular complexity index is 831. The first-order valence-corrected chi connectivity index (χ1v) is 8.63. The van der Waals surface area contributed by atoms with Crippen LogP contribution in [-0.4, -0.2) is 33.2 Å². The summed E-state index contributed by atoms with van der Waals surface area (Å²) in [6.07, 6.45) is 0.932. The first-order valence-electron chi connectivity index (χ1n) is 8.63. The molecule has 0 saturated heterocycles. The van der Waals surface area contributed by atoms with Gasteiger partial charge < -0.3 is 10.4 Å². The van der Waals surface area contributed by atoms with E-state index < -0.39 is 5.82 Å². The Balaban J connectivity index is 2.53. The Kier molecular flexibility index (Phi) is 6.63. The van der Waals surface area contributed by atoms with Gasteiger partial charge in [-0.2, -0.15) is 0 Å². The number of hydrogen-bond acceptors (Lipinski definition) is 4. The van der Waals surface area contributed by atoms with E-state index in [4.69, 9.17) is 0 Å². The van der Waals surface area contributed by atoms with Crippen molar-refractivity contribution in [1.29, 1.82) is 0 Å². The van der Waals surface area contributed by atoms with E-state index in [-0.39, 0.29) is 37.1 Å². The lowest BCUT2D eigenvalue weighted by atomic mass is 10.1. The third-order valence-electron chi connectivity index (χ3n) is 4.26. The molecule has 0 fully saturated rings. The van der Waals surface area contributed by atoms with Gasteiger partial charge in [0.25, 0.3) is 5.56 Å². The van der Waals surface area contributed by atoms with Gasteiger partial charge in [0, 0.05) is 35.9 Å². The lowest BCUT2D eigenvalue weighted by Crippen LogP contribution is -2.39. The SMILES string of the molecule is CCC(C)NC(=O)Cn1c(-c2ccc(F)cc2)nc(C)c(CCO)c1=O. The van der Waals surface area contributed by atoms with Crippen molar-refractivity contribution in [3.63, 3.8) is 0 Å². The normalized spacial score (nSPS) is 12.0. The maximum Gasteiger partial charge on any atom is 0.257 e. The predicted molar refractivity (Wildman–Crippen MR) is 97.3 cm³/mol. The van der Waals surface area contributed by atoms with Crippen LogP contribution in [0.25, 0.3) is 11.4 Å². The zero-order valence-corrected chi connectivity index (χ0v) is 15.3. The quantitative estimate of drug-likeness (QED) is 0.788. The molecule has 0 aliphatic heterocycles. The number of carbonyl (C=O) groups excluding carboxylic acids is 1. The molecular formula is C19H24FN3O3. The maximum atomic E-state index is 13.2. The number of hydrogen-bond donors (Lipinski definition) is 2. The van der Waals surface area contributed by atoms with Gasteiger partial charge in [0.15, 0.2) is 0 Å². The van der Waals surface area contributed by atoms with Crippen LogP contribution in [0.2, 0.25) is 0 Å². The number of benzene rings is 1. The Morgan fingerprint density at radius 2 is 2.00 bits per heavy atom. The summed E-state index contributed by atoms with van der Waals surface area (Å²) in [4.78, 5) is 29.7. The van der Waals surface area contributed by atoms with Crippen LogP contribution in [0.15, 0.2) is 29.1 Å². The van der Waals surface area contributed by atoms with Crippen molar-refractivity contribution in [3.8, 4) is 11.4 Å². The molecule has 1 aromatic carbocycles. The van der Waals surface area contributed by atoms with Crippen molar-refractivity contribution >= 4 is 5.91 Å². The molecule has 1 atom stereocenters. The minimum Gasteiger partial charge on any atom is -0.396 e. The maximum absolute atomic E-state index is 13.2. The van der Waals surface area contributed by atoms with E-state index in [1.807, 2.05) is 13.8 Å². The van der Waals surface area contributed by atoms with Crippen LogP contribution >= 0.6 is 0 Å². The number of nitrogens with one attached hydrogen (secondary N) is 1. The van der Waals surface area contributed by atoms with Crippen LogP contribution in [0, 0.1) is 12.7 Å². The number of rotatable bonds is 7. The van der Waals surface area contributed by atoms with Gasteiger partial charge >= 0.3 is 0 Å². The molecule has 0 aliphatic rings. The smallest absolute Gasteiger partial charge is 0.257 e. The molecule has 0 aliphatic carbocycles. The van der Waals surface area contributed by atoms with Crippen LogP contribution < -0.4 is 10.9 Å². The Labute approximate surface area is 151 Å². The monoisotopic (exact) mass is 361 g/mol. The number of aliphatic hydroxyl groups excluding tert-OH is 1. The summed E-state index contributed by atoms with van der Waals surface area (Å²) >= 11 is 0. The van der Waals surface area contributed by atoms with Gasteiger partial charge in [0.1, 0.15) is 18.2 Å². The molecule has 2 N–H and O–H groups in total. The third kappa shape index (κ3) is 4.54. The number of aryl methyl sites for hydroxylation is 1. The van der Waals surface area contributed by atoms with Gasteiger partial charge in [-0.25, -0.2) is 9.37 Å². The van der Waals surface area contributed by atoms with E-state index in [1.165, 1.54) is 28.8 Å². The summed E-state index contributed by atoms with van der Waals surface area (Å²) < 4.78 is 14.5. The van der Waals surface area contributed by atoms with Crippen LogP contribution in [0.4, 0.5) is 4.39 Å². The Morgan fingerprint density at radius 1 is 1.35 bits per heavy atom. The largest absolute Gasteiger partial charge is 0.396 e. The summed E-state index contributed by atoms with van der Waals surface area (Å²) in [7, 11) is 0. The molecule has 26 heavy (non-hydrogen) atoms. The van der Waals surface area contributed by atoms with E-state index in [9.17, 15) is 19.1 Å². The van der Waals surface area contributed by atoms with Gasteiger partial charge in [-0.3, -0.25) is 14.2 Å². The van der Waals surface area contributed by atoms with Gasteiger partial charge in [0.2, 0.25) is 5.91 Å². The summed E-state index contributed by atoms with van der Waals surface area (Å²) in [6.45, 7) is 5.14. The zero-order chi connectivity index (χ0) is 19.3. The summed E-state index contributed by atoms with van der Waals surface area (Å²) in [5.41, 5.74) is 1.03.